The van der Waals surface area contributed by atoms with E-state index in [2.05, 4.69) is 12.2 Å². The largest absolute Gasteiger partial charge is 0.479 e. The van der Waals surface area contributed by atoms with Gasteiger partial charge in [0.05, 0.1) is 0 Å². The lowest BCUT2D eigenvalue weighted by Crippen LogP contribution is -2.25. The van der Waals surface area contributed by atoms with Gasteiger partial charge in [0.1, 0.15) is 11.8 Å². The van der Waals surface area contributed by atoms with Crippen molar-refractivity contribution >= 4 is 0 Å². The molecule has 0 radical (unpaired) electrons. The Morgan fingerprint density at radius 2 is 2.33 bits per heavy atom. The summed E-state index contributed by atoms with van der Waals surface area (Å²) < 4.78 is 5.25. The summed E-state index contributed by atoms with van der Waals surface area (Å²) in [4.78, 5) is 0. The fraction of sp³-hybridized carbons (Fsp3) is 0.500. The number of rotatable bonds is 8. The van der Waals surface area contributed by atoms with Gasteiger partial charge in [-0.2, -0.15) is 5.26 Å². The highest BCUT2D eigenvalue weighted by atomic mass is 16.5. The molecule has 2 N–H and O–H groups in total. The number of nitriles is 1. The molecule has 0 aromatic heterocycles. The van der Waals surface area contributed by atoms with Crippen molar-refractivity contribution in [3.8, 4) is 11.8 Å². The molecule has 0 bridgehead atoms. The monoisotopic (exact) mass is 248 g/mol. The van der Waals surface area contributed by atoms with Gasteiger partial charge in [0.15, 0.2) is 6.61 Å². The molecule has 1 atom stereocenters. The van der Waals surface area contributed by atoms with E-state index in [-0.39, 0.29) is 13.2 Å². The highest BCUT2D eigenvalue weighted by Gasteiger charge is 2.02. The molecule has 4 nitrogen and oxygen atoms in total. The minimum Gasteiger partial charge on any atom is -0.479 e. The first-order valence-electron chi connectivity index (χ1n) is 6.19. The maximum atomic E-state index is 8.75. The molecule has 0 spiro atoms. The van der Waals surface area contributed by atoms with Crippen molar-refractivity contribution in [1.29, 1.82) is 5.26 Å². The molecule has 0 saturated carbocycles. The maximum Gasteiger partial charge on any atom is 0.174 e. The van der Waals surface area contributed by atoms with Crippen LogP contribution in [-0.4, -0.2) is 24.4 Å². The minimum atomic E-state index is 0.0732. The molecule has 0 aliphatic rings. The second-order valence-electron chi connectivity index (χ2n) is 4.24. The fourth-order valence-corrected chi connectivity index (χ4v) is 1.65. The molecule has 0 saturated heterocycles. The molecule has 1 aromatic carbocycles. The second kappa shape index (κ2) is 8.51. The second-order valence-corrected chi connectivity index (χ2v) is 4.24. The maximum absolute atomic E-state index is 8.75. The molecule has 0 heterocycles. The number of hydrogen-bond acceptors (Lipinski definition) is 4. The van der Waals surface area contributed by atoms with Crippen molar-refractivity contribution in [1.82, 2.24) is 5.32 Å². The van der Waals surface area contributed by atoms with Crippen molar-refractivity contribution in [2.75, 3.05) is 13.2 Å². The van der Waals surface area contributed by atoms with E-state index in [0.29, 0.717) is 6.04 Å². The third-order valence-electron chi connectivity index (χ3n) is 2.65. The standard InChI is InChI=1S/C14H20N2O2/c1-12(4-3-8-17)16-11-13-5-2-6-14(10-13)18-9-7-15/h2,5-6,10,12,16-17H,3-4,8-9,11H2,1H3. The Balaban J connectivity index is 2.40. The predicted octanol–water partition coefficient (Wildman–Crippen LogP) is 1.84. The first-order valence-corrected chi connectivity index (χ1v) is 6.19. The number of aliphatic hydroxyl groups is 1. The molecule has 4 heteroatoms. The molecule has 0 amide bonds. The molecule has 1 unspecified atom stereocenters. The summed E-state index contributed by atoms with van der Waals surface area (Å²) in [6.45, 7) is 3.18. The molecular weight excluding hydrogens is 228 g/mol. The van der Waals surface area contributed by atoms with Crippen LogP contribution in [0.3, 0.4) is 0 Å². The van der Waals surface area contributed by atoms with Crippen molar-refractivity contribution in [2.24, 2.45) is 0 Å². The quantitative estimate of drug-likeness (QED) is 0.736. The summed E-state index contributed by atoms with van der Waals surface area (Å²) in [5.74, 6) is 0.721. The Kier molecular flexibility index (Phi) is 6.85. The van der Waals surface area contributed by atoms with Gasteiger partial charge in [-0.3, -0.25) is 0 Å². The van der Waals surface area contributed by atoms with Crippen LogP contribution in [-0.2, 0) is 6.54 Å². The normalized spacial score (nSPS) is 11.8. The van der Waals surface area contributed by atoms with E-state index >= 15 is 0 Å². The van der Waals surface area contributed by atoms with Crippen molar-refractivity contribution < 1.29 is 9.84 Å². The van der Waals surface area contributed by atoms with Gasteiger partial charge >= 0.3 is 0 Å². The molecule has 98 valence electrons. The van der Waals surface area contributed by atoms with E-state index in [9.17, 15) is 0 Å². The molecule has 0 aliphatic carbocycles. The van der Waals surface area contributed by atoms with E-state index in [4.69, 9.17) is 15.1 Å². The average molecular weight is 248 g/mol. The average Bonchev–Trinajstić information content (AvgIpc) is 2.41. The number of benzene rings is 1. The highest BCUT2D eigenvalue weighted by Crippen LogP contribution is 2.13. The van der Waals surface area contributed by atoms with Gasteiger partial charge in [-0.1, -0.05) is 12.1 Å². The minimum absolute atomic E-state index is 0.0732. The van der Waals surface area contributed by atoms with Gasteiger partial charge in [-0.05, 0) is 37.5 Å². The van der Waals surface area contributed by atoms with Crippen LogP contribution in [0.2, 0.25) is 0 Å². The first kappa shape index (κ1) is 14.5. The van der Waals surface area contributed by atoms with E-state index in [1.165, 1.54) is 0 Å². The first-order chi connectivity index (χ1) is 8.76. The third-order valence-corrected chi connectivity index (χ3v) is 2.65. The molecule has 18 heavy (non-hydrogen) atoms. The zero-order chi connectivity index (χ0) is 13.2. The zero-order valence-electron chi connectivity index (χ0n) is 10.7. The lowest BCUT2D eigenvalue weighted by molar-refractivity contribution is 0.276. The Bertz CT molecular complexity index is 388. The van der Waals surface area contributed by atoms with Gasteiger partial charge in [0.25, 0.3) is 0 Å². The van der Waals surface area contributed by atoms with E-state index in [1.54, 1.807) is 0 Å². The van der Waals surface area contributed by atoms with Gasteiger partial charge in [-0.15, -0.1) is 0 Å². The van der Waals surface area contributed by atoms with Crippen LogP contribution < -0.4 is 10.1 Å². The van der Waals surface area contributed by atoms with Gasteiger partial charge < -0.3 is 15.2 Å². The molecular formula is C14H20N2O2. The van der Waals surface area contributed by atoms with Crippen LogP contribution >= 0.6 is 0 Å². The summed E-state index contributed by atoms with van der Waals surface area (Å²) in [5, 5.41) is 20.6. The van der Waals surface area contributed by atoms with Gasteiger partial charge in [0, 0.05) is 19.2 Å². The summed E-state index contributed by atoms with van der Waals surface area (Å²) >= 11 is 0. The van der Waals surface area contributed by atoms with Crippen LogP contribution in [0.5, 0.6) is 5.75 Å². The Morgan fingerprint density at radius 1 is 1.50 bits per heavy atom. The van der Waals surface area contributed by atoms with Gasteiger partial charge in [0.2, 0.25) is 0 Å². The van der Waals surface area contributed by atoms with E-state index < -0.39 is 0 Å². The predicted molar refractivity (Wildman–Crippen MR) is 70.2 cm³/mol. The molecule has 0 aliphatic heterocycles. The van der Waals surface area contributed by atoms with Crippen molar-refractivity contribution in [3.63, 3.8) is 0 Å². The molecule has 0 fully saturated rings. The van der Waals surface area contributed by atoms with E-state index in [0.717, 1.165) is 30.7 Å². The lowest BCUT2D eigenvalue weighted by Gasteiger charge is -2.13. The van der Waals surface area contributed by atoms with Crippen LogP contribution in [0.4, 0.5) is 0 Å². The Morgan fingerprint density at radius 3 is 3.06 bits per heavy atom. The summed E-state index contributed by atoms with van der Waals surface area (Å²) in [5.41, 5.74) is 1.13. The summed E-state index contributed by atoms with van der Waals surface area (Å²) in [6.07, 6.45) is 1.78. The SMILES string of the molecule is CC(CCCO)NCc1cccc(OCC#N)c1. The van der Waals surface area contributed by atoms with Crippen molar-refractivity contribution in [3.05, 3.63) is 29.8 Å². The topological polar surface area (TPSA) is 65.3 Å². The third kappa shape index (κ3) is 5.67. The van der Waals surface area contributed by atoms with Gasteiger partial charge in [-0.25, -0.2) is 0 Å². The van der Waals surface area contributed by atoms with Crippen LogP contribution in [0.1, 0.15) is 25.3 Å². The smallest absolute Gasteiger partial charge is 0.174 e. The number of nitrogens with one attached hydrogen (secondary N) is 1. The lowest BCUT2D eigenvalue weighted by atomic mass is 10.1. The Labute approximate surface area is 108 Å². The number of nitrogens with zero attached hydrogens (tertiary/aromatic N) is 1. The zero-order valence-corrected chi connectivity index (χ0v) is 10.7. The number of hydrogen-bond donors (Lipinski definition) is 2. The number of aliphatic hydroxyl groups excluding tert-OH is 1. The van der Waals surface area contributed by atoms with Crippen LogP contribution in [0, 0.1) is 11.3 Å². The summed E-state index contributed by atoms with van der Waals surface area (Å²) in [7, 11) is 0. The van der Waals surface area contributed by atoms with Crippen molar-refractivity contribution in [2.45, 2.75) is 32.4 Å². The molecule has 1 aromatic rings. The fourth-order valence-electron chi connectivity index (χ4n) is 1.65. The summed E-state index contributed by atoms with van der Waals surface area (Å²) in [6, 6.07) is 10.0. The highest BCUT2D eigenvalue weighted by molar-refractivity contribution is 5.28. The number of ether oxygens (including phenoxy) is 1. The van der Waals surface area contributed by atoms with Crippen LogP contribution in [0.25, 0.3) is 0 Å². The molecule has 1 rings (SSSR count). The van der Waals surface area contributed by atoms with Crippen LogP contribution in [0.15, 0.2) is 24.3 Å². The Hall–Kier alpha value is -1.57. The van der Waals surface area contributed by atoms with E-state index in [1.807, 2.05) is 30.3 Å².